The minimum Gasteiger partial charge on any atom is -0.453 e. The lowest BCUT2D eigenvalue weighted by molar-refractivity contribution is -0.146. The van der Waals surface area contributed by atoms with Crippen molar-refractivity contribution in [3.63, 3.8) is 0 Å². The van der Waals surface area contributed by atoms with Crippen molar-refractivity contribution in [1.29, 1.82) is 0 Å². The minimum atomic E-state index is -0.863. The summed E-state index contributed by atoms with van der Waals surface area (Å²) in [6.45, 7) is 4.72. The molecule has 198 valence electrons. The molecule has 1 N–H and O–H groups in total. The summed E-state index contributed by atoms with van der Waals surface area (Å²) in [6, 6.07) is 18.2. The number of nitrogens with one attached hydrogen (secondary N) is 1. The monoisotopic (exact) mass is 505 g/mol. The third kappa shape index (κ3) is 7.94. The Hall–Kier alpha value is -3.61. The van der Waals surface area contributed by atoms with Gasteiger partial charge in [0.15, 0.2) is 0 Å². The molecule has 0 bridgehead atoms. The van der Waals surface area contributed by atoms with Crippen molar-refractivity contribution in [2.45, 2.75) is 64.5 Å². The van der Waals surface area contributed by atoms with E-state index in [0.717, 1.165) is 37.7 Å². The van der Waals surface area contributed by atoms with Gasteiger partial charge in [-0.25, -0.2) is 4.79 Å². The van der Waals surface area contributed by atoms with Crippen molar-refractivity contribution in [3.05, 3.63) is 84.2 Å². The third-order valence-corrected chi connectivity index (χ3v) is 6.82. The molecule has 0 aromatic heterocycles. The van der Waals surface area contributed by atoms with Gasteiger partial charge in [0.05, 0.1) is 7.11 Å². The zero-order valence-electron chi connectivity index (χ0n) is 22.1. The number of rotatable bonds is 12. The Morgan fingerprint density at radius 2 is 1.62 bits per heavy atom. The predicted molar refractivity (Wildman–Crippen MR) is 144 cm³/mol. The van der Waals surface area contributed by atoms with E-state index in [1.807, 2.05) is 55.5 Å². The van der Waals surface area contributed by atoms with Gasteiger partial charge in [-0.3, -0.25) is 9.59 Å². The summed E-state index contributed by atoms with van der Waals surface area (Å²) in [5, 5.41) is 2.68. The Bertz CT molecular complexity index is 1040. The normalized spacial score (nSPS) is 16.8. The van der Waals surface area contributed by atoms with Gasteiger partial charge >= 0.3 is 6.09 Å². The highest BCUT2D eigenvalue weighted by molar-refractivity contribution is 5.93. The zero-order chi connectivity index (χ0) is 26.6. The number of nitrogens with zero attached hydrogens (tertiary/aromatic N) is 2. The minimum absolute atomic E-state index is 0.0338. The number of hydrogen-bond acceptors (Lipinski definition) is 4. The average Bonchev–Trinajstić information content (AvgIpc) is 2.92. The third-order valence-electron chi connectivity index (χ3n) is 6.82. The van der Waals surface area contributed by atoms with E-state index in [4.69, 9.17) is 4.74 Å². The molecule has 0 saturated carbocycles. The molecular weight excluding hydrogens is 466 g/mol. The SMILES string of the molecule is CCCC[C@H](C)[C@@H]1C(=O)N(CCCc2ccccc2)C=CN1C(=O)[C@@H](Cc1ccccc1)NC(=O)OC. The number of hydrogen-bond donors (Lipinski definition) is 1. The fraction of sp³-hybridized carbons (Fsp3) is 0.433. The molecule has 0 saturated heterocycles. The van der Waals surface area contributed by atoms with Crippen LogP contribution < -0.4 is 5.32 Å². The van der Waals surface area contributed by atoms with Crippen LogP contribution in [-0.4, -0.2) is 53.4 Å². The van der Waals surface area contributed by atoms with E-state index in [1.54, 1.807) is 17.3 Å². The van der Waals surface area contributed by atoms with Crippen molar-refractivity contribution in [3.8, 4) is 0 Å². The topological polar surface area (TPSA) is 79.0 Å². The maximum Gasteiger partial charge on any atom is 0.407 e. The number of carbonyl (C=O) groups excluding carboxylic acids is 3. The Balaban J connectivity index is 1.81. The summed E-state index contributed by atoms with van der Waals surface area (Å²) < 4.78 is 4.79. The fourth-order valence-corrected chi connectivity index (χ4v) is 4.73. The number of alkyl carbamates (subject to hydrolysis) is 1. The van der Waals surface area contributed by atoms with Crippen LogP contribution in [0.2, 0.25) is 0 Å². The molecule has 37 heavy (non-hydrogen) atoms. The maximum atomic E-state index is 13.8. The Morgan fingerprint density at radius 1 is 0.973 bits per heavy atom. The molecule has 1 heterocycles. The first-order valence-corrected chi connectivity index (χ1v) is 13.2. The lowest BCUT2D eigenvalue weighted by atomic mass is 9.91. The molecule has 0 unspecified atom stereocenters. The van der Waals surface area contributed by atoms with Gasteiger partial charge in [-0.05, 0) is 36.3 Å². The number of benzene rings is 2. The molecule has 3 amide bonds. The second-order valence-electron chi connectivity index (χ2n) is 9.61. The quantitative estimate of drug-likeness (QED) is 0.444. The molecule has 0 fully saturated rings. The van der Waals surface area contributed by atoms with Crippen LogP contribution in [0, 0.1) is 5.92 Å². The van der Waals surface area contributed by atoms with E-state index in [9.17, 15) is 14.4 Å². The zero-order valence-corrected chi connectivity index (χ0v) is 22.1. The van der Waals surface area contributed by atoms with Crippen molar-refractivity contribution >= 4 is 17.9 Å². The highest BCUT2D eigenvalue weighted by Gasteiger charge is 2.40. The molecule has 7 heteroatoms. The van der Waals surface area contributed by atoms with Gasteiger partial charge in [-0.2, -0.15) is 0 Å². The van der Waals surface area contributed by atoms with E-state index in [-0.39, 0.29) is 17.7 Å². The molecule has 7 nitrogen and oxygen atoms in total. The number of ether oxygens (including phenoxy) is 1. The molecule has 2 aromatic rings. The average molecular weight is 506 g/mol. The van der Waals surface area contributed by atoms with Gasteiger partial charge in [0.1, 0.15) is 12.1 Å². The standard InChI is InChI=1S/C30H39N3O4/c1-4-5-13-23(2)27-29(35)32(19-12-18-24-14-8-6-9-15-24)20-21-33(27)28(34)26(31-30(36)37-3)22-25-16-10-7-11-17-25/h6-11,14-17,20-21,23,26-27H,4-5,12-13,18-19,22H2,1-3H3,(H,31,36)/t23-,26+,27+/m0/s1. The molecule has 1 aliphatic heterocycles. The lowest BCUT2D eigenvalue weighted by Gasteiger charge is -2.40. The van der Waals surface area contributed by atoms with Crippen LogP contribution in [0.25, 0.3) is 0 Å². The van der Waals surface area contributed by atoms with E-state index in [1.165, 1.54) is 17.6 Å². The Labute approximate surface area is 220 Å². The maximum absolute atomic E-state index is 13.8. The van der Waals surface area contributed by atoms with Crippen LogP contribution in [0.4, 0.5) is 4.79 Å². The van der Waals surface area contributed by atoms with Crippen molar-refractivity contribution < 1.29 is 19.1 Å². The predicted octanol–water partition coefficient (Wildman–Crippen LogP) is 4.92. The van der Waals surface area contributed by atoms with Crippen LogP contribution in [0.5, 0.6) is 0 Å². The number of unbranched alkanes of at least 4 members (excludes halogenated alkanes) is 1. The highest BCUT2D eigenvalue weighted by atomic mass is 16.5. The largest absolute Gasteiger partial charge is 0.453 e. The van der Waals surface area contributed by atoms with Gasteiger partial charge < -0.3 is 19.9 Å². The first-order valence-electron chi connectivity index (χ1n) is 13.2. The first-order chi connectivity index (χ1) is 17.9. The molecule has 0 spiro atoms. The van der Waals surface area contributed by atoms with Crippen LogP contribution >= 0.6 is 0 Å². The molecular formula is C30H39N3O4. The summed E-state index contributed by atoms with van der Waals surface area (Å²) >= 11 is 0. The van der Waals surface area contributed by atoms with Gasteiger partial charge in [-0.1, -0.05) is 87.4 Å². The number of amides is 3. The Kier molecular flexibility index (Phi) is 10.7. The molecule has 2 aromatic carbocycles. The summed E-state index contributed by atoms with van der Waals surface area (Å²) in [6.07, 6.45) is 7.53. The van der Waals surface area contributed by atoms with Crippen molar-refractivity contribution in [2.24, 2.45) is 5.92 Å². The van der Waals surface area contributed by atoms with E-state index in [0.29, 0.717) is 13.0 Å². The van der Waals surface area contributed by atoms with E-state index in [2.05, 4.69) is 24.4 Å². The van der Waals surface area contributed by atoms with E-state index < -0.39 is 18.2 Å². The summed E-state index contributed by atoms with van der Waals surface area (Å²) in [4.78, 5) is 42.9. The number of aryl methyl sites for hydroxylation is 1. The van der Waals surface area contributed by atoms with Crippen LogP contribution in [-0.2, 0) is 27.2 Å². The number of carbonyl (C=O) groups is 3. The van der Waals surface area contributed by atoms with Gasteiger partial charge in [0.2, 0.25) is 11.8 Å². The fourth-order valence-electron chi connectivity index (χ4n) is 4.73. The van der Waals surface area contributed by atoms with Gasteiger partial charge in [-0.15, -0.1) is 0 Å². The second kappa shape index (κ2) is 14.2. The second-order valence-corrected chi connectivity index (χ2v) is 9.61. The molecule has 0 aliphatic carbocycles. The lowest BCUT2D eigenvalue weighted by Crippen LogP contribution is -2.58. The van der Waals surface area contributed by atoms with Gasteiger partial charge in [0, 0.05) is 25.4 Å². The molecule has 3 atom stereocenters. The summed E-state index contributed by atoms with van der Waals surface area (Å²) in [7, 11) is 1.27. The van der Waals surface area contributed by atoms with Gasteiger partial charge in [0.25, 0.3) is 0 Å². The van der Waals surface area contributed by atoms with Crippen LogP contribution in [0.1, 0.15) is 50.7 Å². The summed E-state index contributed by atoms with van der Waals surface area (Å²) in [5.41, 5.74) is 2.14. The summed E-state index contributed by atoms with van der Waals surface area (Å²) in [5.74, 6) is -0.436. The molecule has 0 radical (unpaired) electrons. The first kappa shape index (κ1) is 28.0. The molecule has 3 rings (SSSR count). The number of methoxy groups -OCH3 is 1. The van der Waals surface area contributed by atoms with E-state index >= 15 is 0 Å². The Morgan fingerprint density at radius 3 is 2.24 bits per heavy atom. The molecule has 1 aliphatic rings. The van der Waals surface area contributed by atoms with Crippen molar-refractivity contribution in [1.82, 2.24) is 15.1 Å². The smallest absolute Gasteiger partial charge is 0.407 e. The van der Waals surface area contributed by atoms with Crippen LogP contribution in [0.15, 0.2) is 73.1 Å². The van der Waals surface area contributed by atoms with Crippen molar-refractivity contribution in [2.75, 3.05) is 13.7 Å². The highest BCUT2D eigenvalue weighted by Crippen LogP contribution is 2.25. The van der Waals surface area contributed by atoms with Crippen LogP contribution in [0.3, 0.4) is 0 Å².